The number of ether oxygens (including phenoxy) is 3. The van der Waals surface area contributed by atoms with Crippen LogP contribution < -0.4 is 20.1 Å². The average Bonchev–Trinajstić information content (AvgIpc) is 3.27. The summed E-state index contributed by atoms with van der Waals surface area (Å²) in [7, 11) is 3.30. The molecule has 0 unspecified atom stereocenters. The normalized spacial score (nSPS) is 23.1. The third-order valence-electron chi connectivity index (χ3n) is 7.48. The van der Waals surface area contributed by atoms with E-state index in [0.29, 0.717) is 29.7 Å². The number of methoxy groups -OCH3 is 2. The molecule has 1 saturated heterocycles. The van der Waals surface area contributed by atoms with Crippen LogP contribution in [0.2, 0.25) is 0 Å². The minimum atomic E-state index is -0.555. The van der Waals surface area contributed by atoms with Crippen LogP contribution in [0.4, 0.5) is 4.79 Å². The number of hydrogen-bond donors (Lipinski definition) is 2. The first-order valence-electron chi connectivity index (χ1n) is 13.0. The topological polar surface area (TPSA) is 72.1 Å². The van der Waals surface area contributed by atoms with E-state index < -0.39 is 5.60 Å². The van der Waals surface area contributed by atoms with Crippen LogP contribution in [0.1, 0.15) is 57.6 Å². The van der Waals surface area contributed by atoms with E-state index in [2.05, 4.69) is 34.9 Å². The summed E-state index contributed by atoms with van der Waals surface area (Å²) in [5.41, 5.74) is 1.60. The van der Waals surface area contributed by atoms with Crippen LogP contribution in [-0.2, 0) is 16.7 Å². The Hall–Kier alpha value is -3.00. The van der Waals surface area contributed by atoms with Crippen LogP contribution in [0, 0.1) is 0 Å². The van der Waals surface area contributed by atoms with E-state index in [-0.39, 0.29) is 23.6 Å². The summed E-state index contributed by atoms with van der Waals surface area (Å²) in [6, 6.07) is 16.5. The molecule has 2 aromatic carbocycles. The minimum absolute atomic E-state index is 0.0244. The van der Waals surface area contributed by atoms with E-state index in [0.717, 1.165) is 25.7 Å². The number of carbonyl (C=O) groups is 1. The monoisotopic (exact) mass is 525 g/mol. The van der Waals surface area contributed by atoms with Gasteiger partial charge in [-0.2, -0.15) is 0 Å². The van der Waals surface area contributed by atoms with Gasteiger partial charge in [-0.15, -0.1) is 0 Å². The highest BCUT2D eigenvalue weighted by molar-refractivity contribution is 7.80. The van der Waals surface area contributed by atoms with Crippen molar-refractivity contribution in [3.63, 3.8) is 0 Å². The molecule has 7 nitrogen and oxygen atoms in total. The minimum Gasteiger partial charge on any atom is -0.493 e. The van der Waals surface area contributed by atoms with Gasteiger partial charge < -0.3 is 29.7 Å². The van der Waals surface area contributed by atoms with Gasteiger partial charge in [0.05, 0.1) is 14.2 Å². The van der Waals surface area contributed by atoms with Gasteiger partial charge in [0.1, 0.15) is 5.60 Å². The van der Waals surface area contributed by atoms with Crippen LogP contribution in [0.15, 0.2) is 48.5 Å². The van der Waals surface area contributed by atoms with Gasteiger partial charge in [0.2, 0.25) is 0 Å². The zero-order valence-corrected chi connectivity index (χ0v) is 23.3. The van der Waals surface area contributed by atoms with E-state index >= 15 is 0 Å². The fourth-order valence-corrected chi connectivity index (χ4v) is 5.95. The van der Waals surface area contributed by atoms with Crippen LogP contribution in [0.25, 0.3) is 0 Å². The van der Waals surface area contributed by atoms with Crippen molar-refractivity contribution in [1.82, 2.24) is 15.5 Å². The largest absolute Gasteiger partial charge is 0.493 e. The fraction of sp³-hybridized carbons (Fsp3) is 0.517. The number of carbonyl (C=O) groups excluding carboxylic acids is 1. The quantitative estimate of drug-likeness (QED) is 0.504. The molecule has 2 aromatic rings. The summed E-state index contributed by atoms with van der Waals surface area (Å²) in [6.45, 7) is 7.04. The maximum atomic E-state index is 13.3. The molecule has 4 rings (SSSR count). The molecular weight excluding hydrogens is 486 g/mol. The van der Waals surface area contributed by atoms with Crippen molar-refractivity contribution >= 4 is 23.4 Å². The number of likely N-dealkylation sites (tertiary alicyclic amines) is 1. The van der Waals surface area contributed by atoms with Crippen LogP contribution in [0.5, 0.6) is 11.5 Å². The Morgan fingerprint density at radius 3 is 2.49 bits per heavy atom. The molecule has 2 aliphatic rings. The molecular formula is C29H39N3O4S. The summed E-state index contributed by atoms with van der Waals surface area (Å²) >= 11 is 5.63. The second-order valence-corrected chi connectivity index (χ2v) is 11.4. The number of nitrogens with one attached hydrogen (secondary N) is 2. The lowest BCUT2D eigenvalue weighted by Crippen LogP contribution is -2.55. The summed E-state index contributed by atoms with van der Waals surface area (Å²) < 4.78 is 16.9. The number of benzene rings is 2. The molecule has 37 heavy (non-hydrogen) atoms. The lowest BCUT2D eigenvalue weighted by molar-refractivity contribution is 0.0150. The Balaban J connectivity index is 1.54. The zero-order valence-electron chi connectivity index (χ0n) is 22.5. The highest BCUT2D eigenvalue weighted by atomic mass is 32.1. The van der Waals surface area contributed by atoms with E-state index in [1.54, 1.807) is 14.2 Å². The molecule has 0 bridgehead atoms. The second kappa shape index (κ2) is 11.2. The first-order valence-corrected chi connectivity index (χ1v) is 13.4. The molecule has 0 radical (unpaired) electrons. The average molecular weight is 526 g/mol. The number of thiocarbonyl (C=S) groups is 1. The highest BCUT2D eigenvalue weighted by Gasteiger charge is 2.54. The number of hydrogen-bond acceptors (Lipinski definition) is 5. The molecule has 2 N–H and O–H groups in total. The molecule has 1 saturated carbocycles. The molecule has 0 spiro atoms. The van der Waals surface area contributed by atoms with Gasteiger partial charge in [-0.1, -0.05) is 36.4 Å². The number of amides is 1. The van der Waals surface area contributed by atoms with Crippen molar-refractivity contribution in [3.05, 3.63) is 59.7 Å². The Kier molecular flexibility index (Phi) is 8.17. The van der Waals surface area contributed by atoms with E-state index in [1.807, 2.05) is 49.9 Å². The zero-order chi connectivity index (χ0) is 26.6. The summed E-state index contributed by atoms with van der Waals surface area (Å²) in [5, 5.41) is 7.47. The SMILES string of the molecule is COc1ccc([C@@]23CC[C@H](NC(=S)NCc4ccccc4)C[C@@H]2N(C(=O)OC(C)(C)C)CC3)cc1OC. The lowest BCUT2D eigenvalue weighted by atomic mass is 9.65. The molecule has 0 aromatic heterocycles. The number of nitrogens with zero attached hydrogens (tertiary/aromatic N) is 1. The Morgan fingerprint density at radius 1 is 1.08 bits per heavy atom. The molecule has 1 aliphatic heterocycles. The standard InChI is InChI=1S/C29H39N3O4S/c1-28(2,3)36-27(33)32-16-15-29(21-11-12-23(34-4)24(17-21)35-5)14-13-22(18-25(29)32)31-26(37)30-19-20-9-7-6-8-10-20/h6-12,17,22,25H,13-16,18-19H2,1-5H3,(H2,30,31,37)/t22-,25-,29-/m0/s1. The lowest BCUT2D eigenvalue weighted by Gasteiger charge is -2.45. The fourth-order valence-electron chi connectivity index (χ4n) is 5.72. The third-order valence-corrected chi connectivity index (χ3v) is 7.74. The van der Waals surface area contributed by atoms with Gasteiger partial charge in [0.15, 0.2) is 16.6 Å². The van der Waals surface area contributed by atoms with Crippen LogP contribution >= 0.6 is 12.2 Å². The van der Waals surface area contributed by atoms with E-state index in [4.69, 9.17) is 26.4 Å². The summed E-state index contributed by atoms with van der Waals surface area (Å²) in [4.78, 5) is 15.2. The van der Waals surface area contributed by atoms with Gasteiger partial charge in [0, 0.05) is 30.6 Å². The molecule has 1 heterocycles. The van der Waals surface area contributed by atoms with Crippen molar-refractivity contribution in [2.75, 3.05) is 20.8 Å². The maximum absolute atomic E-state index is 13.3. The first-order chi connectivity index (χ1) is 17.6. The predicted molar refractivity (Wildman–Crippen MR) is 149 cm³/mol. The number of fused-ring (bicyclic) bond motifs is 1. The molecule has 1 amide bonds. The summed E-state index contributed by atoms with van der Waals surface area (Å²) in [6.07, 6.45) is 3.26. The van der Waals surface area contributed by atoms with Gasteiger partial charge >= 0.3 is 6.09 Å². The van der Waals surface area contributed by atoms with Gasteiger partial charge in [-0.25, -0.2) is 4.79 Å². The number of rotatable bonds is 6. The summed E-state index contributed by atoms with van der Waals surface area (Å²) in [5.74, 6) is 1.40. The molecule has 200 valence electrons. The van der Waals surface area contributed by atoms with Gasteiger partial charge in [-0.3, -0.25) is 0 Å². The van der Waals surface area contributed by atoms with Crippen LogP contribution in [-0.4, -0.2) is 54.6 Å². The maximum Gasteiger partial charge on any atom is 0.410 e. The Labute approximate surface area is 225 Å². The van der Waals surface area contributed by atoms with Gasteiger partial charge in [0.25, 0.3) is 0 Å². The Morgan fingerprint density at radius 2 is 1.81 bits per heavy atom. The second-order valence-electron chi connectivity index (χ2n) is 10.9. The smallest absolute Gasteiger partial charge is 0.410 e. The van der Waals surface area contributed by atoms with Crippen LogP contribution in [0.3, 0.4) is 0 Å². The van der Waals surface area contributed by atoms with Crippen molar-refractivity contribution in [2.45, 2.75) is 76.1 Å². The molecule has 3 atom stereocenters. The third kappa shape index (κ3) is 6.12. The van der Waals surface area contributed by atoms with E-state index in [1.165, 1.54) is 11.1 Å². The molecule has 1 aliphatic carbocycles. The highest BCUT2D eigenvalue weighted by Crippen LogP contribution is 2.50. The first kappa shape index (κ1) is 27.0. The Bertz CT molecular complexity index is 1100. The predicted octanol–water partition coefficient (Wildman–Crippen LogP) is 5.17. The van der Waals surface area contributed by atoms with Crippen molar-refractivity contribution in [2.24, 2.45) is 0 Å². The van der Waals surface area contributed by atoms with Crippen molar-refractivity contribution < 1.29 is 19.0 Å². The van der Waals surface area contributed by atoms with Crippen molar-refractivity contribution in [1.29, 1.82) is 0 Å². The molecule has 8 heteroatoms. The molecule has 2 fully saturated rings. The van der Waals surface area contributed by atoms with E-state index in [9.17, 15) is 4.79 Å². The van der Waals surface area contributed by atoms with Crippen molar-refractivity contribution in [3.8, 4) is 11.5 Å². The van der Waals surface area contributed by atoms with Gasteiger partial charge in [-0.05, 0) is 81.9 Å².